The SMILES string of the molecule is CCn1nnnc1-c1cccc(NC(=O)C2CCCC(C(=O)O)C2)c1. The lowest BCUT2D eigenvalue weighted by atomic mass is 9.81. The third-order valence-corrected chi connectivity index (χ3v) is 4.61. The molecule has 1 fully saturated rings. The Labute approximate surface area is 145 Å². The number of anilines is 1. The van der Waals surface area contributed by atoms with Crippen LogP contribution in [0.15, 0.2) is 24.3 Å². The summed E-state index contributed by atoms with van der Waals surface area (Å²) in [6.45, 7) is 2.60. The van der Waals surface area contributed by atoms with Crippen LogP contribution in [0.2, 0.25) is 0 Å². The van der Waals surface area contributed by atoms with Crippen molar-refractivity contribution in [2.75, 3.05) is 5.32 Å². The first-order chi connectivity index (χ1) is 12.1. The number of amides is 1. The molecule has 1 aromatic heterocycles. The van der Waals surface area contributed by atoms with Crippen molar-refractivity contribution >= 4 is 17.6 Å². The maximum Gasteiger partial charge on any atom is 0.306 e. The average Bonchev–Trinajstić information content (AvgIpc) is 3.11. The van der Waals surface area contributed by atoms with Gasteiger partial charge in [-0.2, -0.15) is 0 Å². The van der Waals surface area contributed by atoms with Gasteiger partial charge in [0.2, 0.25) is 5.91 Å². The van der Waals surface area contributed by atoms with E-state index in [1.54, 1.807) is 10.7 Å². The summed E-state index contributed by atoms with van der Waals surface area (Å²) in [4.78, 5) is 23.7. The van der Waals surface area contributed by atoms with Crippen molar-refractivity contribution in [1.82, 2.24) is 20.2 Å². The molecule has 0 radical (unpaired) electrons. The first-order valence-electron chi connectivity index (χ1n) is 8.48. The lowest BCUT2D eigenvalue weighted by Gasteiger charge is -2.25. The molecule has 2 aromatic rings. The minimum Gasteiger partial charge on any atom is -0.481 e. The number of carboxylic acids is 1. The number of carboxylic acid groups (broad SMARTS) is 1. The Morgan fingerprint density at radius 3 is 2.88 bits per heavy atom. The molecule has 0 aliphatic heterocycles. The Bertz CT molecular complexity index is 773. The van der Waals surface area contributed by atoms with Crippen molar-refractivity contribution < 1.29 is 14.7 Å². The van der Waals surface area contributed by atoms with Gasteiger partial charge >= 0.3 is 5.97 Å². The van der Waals surface area contributed by atoms with Gasteiger partial charge in [0.05, 0.1) is 5.92 Å². The van der Waals surface area contributed by atoms with Gasteiger partial charge in [-0.05, 0) is 48.7 Å². The van der Waals surface area contributed by atoms with Crippen molar-refractivity contribution in [2.45, 2.75) is 39.2 Å². The molecule has 0 spiro atoms. The van der Waals surface area contributed by atoms with Crippen LogP contribution < -0.4 is 5.32 Å². The van der Waals surface area contributed by atoms with Gasteiger partial charge in [-0.25, -0.2) is 4.68 Å². The zero-order valence-electron chi connectivity index (χ0n) is 14.1. The van der Waals surface area contributed by atoms with Crippen LogP contribution in [0.3, 0.4) is 0 Å². The highest BCUT2D eigenvalue weighted by Gasteiger charge is 2.31. The lowest BCUT2D eigenvalue weighted by molar-refractivity contribution is -0.143. The van der Waals surface area contributed by atoms with Gasteiger partial charge in [0.1, 0.15) is 0 Å². The molecule has 0 saturated heterocycles. The van der Waals surface area contributed by atoms with Gasteiger partial charge in [-0.1, -0.05) is 18.6 Å². The molecule has 2 unspecified atom stereocenters. The Morgan fingerprint density at radius 1 is 1.32 bits per heavy atom. The molecule has 2 N–H and O–H groups in total. The molecule has 3 rings (SSSR count). The number of nitrogens with one attached hydrogen (secondary N) is 1. The molecular formula is C17H21N5O3. The summed E-state index contributed by atoms with van der Waals surface area (Å²) < 4.78 is 1.68. The summed E-state index contributed by atoms with van der Waals surface area (Å²) >= 11 is 0. The number of nitrogens with zero attached hydrogens (tertiary/aromatic N) is 4. The number of hydrogen-bond acceptors (Lipinski definition) is 5. The number of hydrogen-bond donors (Lipinski definition) is 2. The van der Waals surface area contributed by atoms with E-state index in [1.165, 1.54) is 0 Å². The van der Waals surface area contributed by atoms with Crippen LogP contribution >= 0.6 is 0 Å². The standard InChI is InChI=1S/C17H21N5O3/c1-2-22-15(19-20-21-22)11-5-4-8-14(10-11)18-16(23)12-6-3-7-13(9-12)17(24)25/h4-5,8,10,12-13H,2-3,6-7,9H2,1H3,(H,18,23)(H,24,25). The summed E-state index contributed by atoms with van der Waals surface area (Å²) in [6, 6.07) is 7.35. The van der Waals surface area contributed by atoms with E-state index in [0.717, 1.165) is 18.4 Å². The van der Waals surface area contributed by atoms with Crippen LogP contribution in [0.5, 0.6) is 0 Å². The fraction of sp³-hybridized carbons (Fsp3) is 0.471. The molecular weight excluding hydrogens is 322 g/mol. The number of benzene rings is 1. The lowest BCUT2D eigenvalue weighted by Crippen LogP contribution is -2.30. The fourth-order valence-corrected chi connectivity index (χ4v) is 3.26. The average molecular weight is 343 g/mol. The number of aromatic nitrogens is 4. The molecule has 2 atom stereocenters. The molecule has 8 nitrogen and oxygen atoms in total. The smallest absolute Gasteiger partial charge is 0.306 e. The van der Waals surface area contributed by atoms with Crippen molar-refractivity contribution in [3.8, 4) is 11.4 Å². The summed E-state index contributed by atoms with van der Waals surface area (Å²) in [5.74, 6) is -0.990. The van der Waals surface area contributed by atoms with Crippen LogP contribution in [0.25, 0.3) is 11.4 Å². The van der Waals surface area contributed by atoms with Gasteiger partial charge in [-0.15, -0.1) is 5.10 Å². The Balaban J connectivity index is 1.72. The second-order valence-electron chi connectivity index (χ2n) is 6.29. The van der Waals surface area contributed by atoms with Crippen molar-refractivity contribution in [3.63, 3.8) is 0 Å². The van der Waals surface area contributed by atoms with Gasteiger partial charge in [0.15, 0.2) is 5.82 Å². The van der Waals surface area contributed by atoms with Crippen LogP contribution in [0.1, 0.15) is 32.6 Å². The highest BCUT2D eigenvalue weighted by molar-refractivity contribution is 5.93. The van der Waals surface area contributed by atoms with E-state index in [9.17, 15) is 9.59 Å². The van der Waals surface area contributed by atoms with E-state index in [4.69, 9.17) is 5.11 Å². The van der Waals surface area contributed by atoms with Crippen LogP contribution in [0, 0.1) is 11.8 Å². The molecule has 25 heavy (non-hydrogen) atoms. The van der Waals surface area contributed by atoms with E-state index in [2.05, 4.69) is 20.8 Å². The number of aryl methyl sites for hydroxylation is 1. The van der Waals surface area contributed by atoms with Gasteiger partial charge in [0.25, 0.3) is 0 Å². The summed E-state index contributed by atoms with van der Waals surface area (Å²) in [6.07, 6.45) is 2.53. The zero-order valence-corrected chi connectivity index (χ0v) is 14.1. The number of carbonyl (C=O) groups is 2. The maximum absolute atomic E-state index is 12.5. The van der Waals surface area contributed by atoms with E-state index >= 15 is 0 Å². The van der Waals surface area contributed by atoms with Crippen molar-refractivity contribution in [2.24, 2.45) is 11.8 Å². The Kier molecular flexibility index (Phi) is 5.06. The molecule has 1 aliphatic rings. The monoisotopic (exact) mass is 343 g/mol. The predicted octanol–water partition coefficient (Wildman–Crippen LogP) is 2.19. The molecule has 1 aromatic carbocycles. The Hall–Kier alpha value is -2.77. The minimum absolute atomic E-state index is 0.127. The topological polar surface area (TPSA) is 110 Å². The molecule has 1 saturated carbocycles. The summed E-state index contributed by atoms with van der Waals surface area (Å²) in [7, 11) is 0. The predicted molar refractivity (Wildman–Crippen MR) is 90.6 cm³/mol. The van der Waals surface area contributed by atoms with E-state index in [1.807, 2.05) is 25.1 Å². The molecule has 0 bridgehead atoms. The quantitative estimate of drug-likeness (QED) is 0.861. The molecule has 8 heteroatoms. The second kappa shape index (κ2) is 7.42. The van der Waals surface area contributed by atoms with Gasteiger partial charge in [0, 0.05) is 23.7 Å². The van der Waals surface area contributed by atoms with Crippen molar-refractivity contribution in [1.29, 1.82) is 0 Å². The third kappa shape index (κ3) is 3.84. The zero-order chi connectivity index (χ0) is 17.8. The van der Waals surface area contributed by atoms with Crippen LogP contribution in [0.4, 0.5) is 5.69 Å². The highest BCUT2D eigenvalue weighted by Crippen LogP contribution is 2.30. The fourth-order valence-electron chi connectivity index (χ4n) is 3.26. The van der Waals surface area contributed by atoms with E-state index in [-0.39, 0.29) is 11.8 Å². The highest BCUT2D eigenvalue weighted by atomic mass is 16.4. The van der Waals surface area contributed by atoms with Crippen LogP contribution in [-0.4, -0.2) is 37.2 Å². The first kappa shape index (κ1) is 17.1. The molecule has 1 heterocycles. The molecule has 1 amide bonds. The summed E-state index contributed by atoms with van der Waals surface area (Å²) in [5.41, 5.74) is 1.47. The van der Waals surface area contributed by atoms with E-state index < -0.39 is 11.9 Å². The molecule has 132 valence electrons. The molecule has 1 aliphatic carbocycles. The summed E-state index contributed by atoms with van der Waals surface area (Å²) in [5, 5.41) is 23.7. The van der Waals surface area contributed by atoms with E-state index in [0.29, 0.717) is 30.9 Å². The normalized spacial score (nSPS) is 20.2. The third-order valence-electron chi connectivity index (χ3n) is 4.61. The second-order valence-corrected chi connectivity index (χ2v) is 6.29. The van der Waals surface area contributed by atoms with Gasteiger partial charge in [-0.3, -0.25) is 9.59 Å². The Morgan fingerprint density at radius 2 is 2.12 bits per heavy atom. The maximum atomic E-state index is 12.5. The number of carbonyl (C=O) groups excluding carboxylic acids is 1. The first-order valence-corrected chi connectivity index (χ1v) is 8.48. The number of aliphatic carboxylic acids is 1. The van der Waals surface area contributed by atoms with Crippen molar-refractivity contribution in [3.05, 3.63) is 24.3 Å². The minimum atomic E-state index is -0.814. The van der Waals surface area contributed by atoms with Crippen LogP contribution in [-0.2, 0) is 16.1 Å². The number of tetrazole rings is 1. The van der Waals surface area contributed by atoms with Gasteiger partial charge < -0.3 is 10.4 Å². The largest absolute Gasteiger partial charge is 0.481 e. The number of rotatable bonds is 5.